The number of carbonyl (C=O) groups is 2. The number of aryl methyl sites for hydroxylation is 1. The SMILES string of the molecule is Cc1ccc(N2C(=S)N[C@H]3[C@@H](O)[C@H](O)C[C@@H](C(=O)N4CCC(C(N)=O)CC4)[C@H]32)cc1Cl. The van der Waals surface area contributed by atoms with Crippen molar-refractivity contribution in [1.29, 1.82) is 0 Å². The predicted molar refractivity (Wildman–Crippen MR) is 121 cm³/mol. The molecule has 2 aliphatic heterocycles. The Hall–Kier alpha value is -1.94. The molecule has 0 aromatic heterocycles. The van der Waals surface area contributed by atoms with Crippen molar-refractivity contribution < 1.29 is 19.8 Å². The molecule has 4 rings (SSSR count). The zero-order valence-corrected chi connectivity index (χ0v) is 18.8. The van der Waals surface area contributed by atoms with Gasteiger partial charge in [0.15, 0.2) is 5.11 Å². The van der Waals surface area contributed by atoms with Gasteiger partial charge in [-0.05, 0) is 56.1 Å². The first kappa shape index (κ1) is 22.3. The van der Waals surface area contributed by atoms with E-state index in [0.29, 0.717) is 36.1 Å². The molecule has 3 aliphatic rings. The average Bonchev–Trinajstić information content (AvgIpc) is 3.09. The van der Waals surface area contributed by atoms with Crippen LogP contribution in [0.5, 0.6) is 0 Å². The number of nitrogens with zero attached hydrogens (tertiary/aromatic N) is 2. The number of hydrogen-bond donors (Lipinski definition) is 4. The van der Waals surface area contributed by atoms with E-state index in [2.05, 4.69) is 5.32 Å². The van der Waals surface area contributed by atoms with Gasteiger partial charge >= 0.3 is 0 Å². The molecular formula is C21H27ClN4O4S. The Kier molecular flexibility index (Phi) is 6.13. The molecule has 1 aliphatic carbocycles. The van der Waals surface area contributed by atoms with Crippen LogP contribution in [0.2, 0.25) is 5.02 Å². The highest BCUT2D eigenvalue weighted by Crippen LogP contribution is 2.38. The molecule has 3 fully saturated rings. The van der Waals surface area contributed by atoms with E-state index < -0.39 is 30.2 Å². The minimum absolute atomic E-state index is 0.112. The summed E-state index contributed by atoms with van der Waals surface area (Å²) < 4.78 is 0. The van der Waals surface area contributed by atoms with Crippen LogP contribution < -0.4 is 16.0 Å². The third-order valence-corrected chi connectivity index (χ3v) is 7.53. The fourth-order valence-corrected chi connectivity index (χ4v) is 5.51. The maximum atomic E-state index is 13.5. The number of benzene rings is 1. The van der Waals surface area contributed by atoms with E-state index in [1.807, 2.05) is 24.0 Å². The minimum Gasteiger partial charge on any atom is -0.390 e. The van der Waals surface area contributed by atoms with Crippen molar-refractivity contribution >= 4 is 46.4 Å². The van der Waals surface area contributed by atoms with Gasteiger partial charge in [0.2, 0.25) is 11.8 Å². The van der Waals surface area contributed by atoms with Gasteiger partial charge in [-0.3, -0.25) is 9.59 Å². The van der Waals surface area contributed by atoms with Gasteiger partial charge in [-0.25, -0.2) is 0 Å². The number of anilines is 1. The fourth-order valence-electron chi connectivity index (χ4n) is 4.98. The van der Waals surface area contributed by atoms with Gasteiger partial charge in [0.05, 0.1) is 24.1 Å². The van der Waals surface area contributed by atoms with Crippen LogP contribution in [0, 0.1) is 18.8 Å². The van der Waals surface area contributed by atoms with Crippen LogP contribution in [0.3, 0.4) is 0 Å². The van der Waals surface area contributed by atoms with Crippen LogP contribution in [0.15, 0.2) is 18.2 Å². The Morgan fingerprint density at radius 3 is 2.55 bits per heavy atom. The predicted octanol–water partition coefficient (Wildman–Crippen LogP) is 0.546. The number of amides is 2. The topological polar surface area (TPSA) is 119 Å². The number of fused-ring (bicyclic) bond motifs is 1. The molecule has 1 aromatic carbocycles. The highest BCUT2D eigenvalue weighted by atomic mass is 35.5. The number of likely N-dealkylation sites (tertiary alicyclic amines) is 1. The third kappa shape index (κ3) is 4.00. The van der Waals surface area contributed by atoms with Crippen molar-refractivity contribution in [3.63, 3.8) is 0 Å². The Labute approximate surface area is 191 Å². The van der Waals surface area contributed by atoms with Crippen LogP contribution in [0.25, 0.3) is 0 Å². The van der Waals surface area contributed by atoms with E-state index in [1.54, 1.807) is 11.0 Å². The van der Waals surface area contributed by atoms with Gasteiger partial charge in [0.1, 0.15) is 6.10 Å². The van der Waals surface area contributed by atoms with Gasteiger partial charge in [0.25, 0.3) is 0 Å². The van der Waals surface area contributed by atoms with E-state index >= 15 is 0 Å². The first-order valence-corrected chi connectivity index (χ1v) is 11.3. The summed E-state index contributed by atoms with van der Waals surface area (Å²) in [5.74, 6) is -1.25. The number of piperidine rings is 1. The lowest BCUT2D eigenvalue weighted by Crippen LogP contribution is -2.61. The standard InChI is InChI=1S/C21H27ClN4O4S/c1-10-2-3-12(8-14(10)22)26-17-13(9-15(27)18(28)16(17)24-21(26)31)20(30)25-6-4-11(5-7-25)19(23)29/h2-3,8,11,13,15-18,27-28H,4-7,9H2,1H3,(H2,23,29)(H,24,31)/t13-,15-,16-,17-,18+/m1/s1. The molecule has 2 heterocycles. The minimum atomic E-state index is -1.06. The maximum Gasteiger partial charge on any atom is 0.227 e. The Morgan fingerprint density at radius 2 is 1.94 bits per heavy atom. The van der Waals surface area contributed by atoms with E-state index in [9.17, 15) is 19.8 Å². The van der Waals surface area contributed by atoms with Crippen LogP contribution in [-0.2, 0) is 9.59 Å². The van der Waals surface area contributed by atoms with Crippen LogP contribution in [0.4, 0.5) is 5.69 Å². The van der Waals surface area contributed by atoms with Gasteiger partial charge < -0.3 is 31.1 Å². The molecular weight excluding hydrogens is 440 g/mol. The zero-order chi connectivity index (χ0) is 22.4. The lowest BCUT2D eigenvalue weighted by Gasteiger charge is -2.44. The van der Waals surface area contributed by atoms with Crippen molar-refractivity contribution in [1.82, 2.24) is 10.2 Å². The lowest BCUT2D eigenvalue weighted by molar-refractivity contribution is -0.144. The summed E-state index contributed by atoms with van der Waals surface area (Å²) in [6.45, 7) is 2.78. The molecule has 0 radical (unpaired) electrons. The van der Waals surface area contributed by atoms with Gasteiger partial charge in [-0.15, -0.1) is 0 Å². The summed E-state index contributed by atoms with van der Waals surface area (Å²) in [6.07, 6.45) is -0.923. The number of rotatable bonds is 3. The summed E-state index contributed by atoms with van der Waals surface area (Å²) in [7, 11) is 0. The summed E-state index contributed by atoms with van der Waals surface area (Å²) >= 11 is 11.9. The van der Waals surface area contributed by atoms with E-state index in [4.69, 9.17) is 29.6 Å². The number of hydrogen-bond acceptors (Lipinski definition) is 5. The molecule has 2 saturated heterocycles. The Morgan fingerprint density at radius 1 is 1.26 bits per heavy atom. The van der Waals surface area contributed by atoms with Crippen LogP contribution in [-0.4, -0.2) is 69.4 Å². The van der Waals surface area contributed by atoms with Crippen molar-refractivity contribution in [3.05, 3.63) is 28.8 Å². The molecule has 0 spiro atoms. The van der Waals surface area contributed by atoms with Crippen molar-refractivity contribution in [2.75, 3.05) is 18.0 Å². The third-order valence-electron chi connectivity index (χ3n) is 6.80. The molecule has 5 atom stereocenters. The van der Waals surface area contributed by atoms with Crippen LogP contribution in [0.1, 0.15) is 24.8 Å². The molecule has 168 valence electrons. The molecule has 0 unspecified atom stereocenters. The maximum absolute atomic E-state index is 13.5. The molecule has 8 nitrogen and oxygen atoms in total. The molecule has 10 heteroatoms. The number of halogens is 1. The molecule has 2 amide bonds. The Bertz CT molecular complexity index is 907. The first-order chi connectivity index (χ1) is 14.7. The largest absolute Gasteiger partial charge is 0.390 e. The average molecular weight is 467 g/mol. The quantitative estimate of drug-likeness (QED) is 0.480. The molecule has 0 bridgehead atoms. The summed E-state index contributed by atoms with van der Waals surface area (Å²) in [6, 6.07) is 4.51. The number of nitrogens with one attached hydrogen (secondary N) is 1. The molecule has 1 aromatic rings. The van der Waals surface area contributed by atoms with Crippen molar-refractivity contribution in [2.24, 2.45) is 17.6 Å². The van der Waals surface area contributed by atoms with Crippen molar-refractivity contribution in [3.8, 4) is 0 Å². The Balaban J connectivity index is 1.63. The number of thiocarbonyl (C=S) groups is 1. The molecule has 31 heavy (non-hydrogen) atoms. The number of aliphatic hydroxyl groups excluding tert-OH is 2. The van der Waals surface area contributed by atoms with Crippen molar-refractivity contribution in [2.45, 2.75) is 50.5 Å². The smallest absolute Gasteiger partial charge is 0.227 e. The van der Waals surface area contributed by atoms with Gasteiger partial charge in [-0.1, -0.05) is 17.7 Å². The number of primary amides is 1. The second-order valence-electron chi connectivity index (χ2n) is 8.67. The summed E-state index contributed by atoms with van der Waals surface area (Å²) in [5.41, 5.74) is 7.06. The highest BCUT2D eigenvalue weighted by molar-refractivity contribution is 7.80. The van der Waals surface area contributed by atoms with E-state index in [-0.39, 0.29) is 24.2 Å². The fraction of sp³-hybridized carbons (Fsp3) is 0.571. The second-order valence-corrected chi connectivity index (χ2v) is 9.47. The van der Waals surface area contributed by atoms with Gasteiger partial charge in [0, 0.05) is 29.7 Å². The highest BCUT2D eigenvalue weighted by Gasteiger charge is 2.54. The van der Waals surface area contributed by atoms with Gasteiger partial charge in [-0.2, -0.15) is 0 Å². The zero-order valence-electron chi connectivity index (χ0n) is 17.2. The normalized spacial score (nSPS) is 31.4. The van der Waals surface area contributed by atoms with E-state index in [0.717, 1.165) is 11.3 Å². The number of aliphatic hydroxyl groups is 2. The monoisotopic (exact) mass is 466 g/mol. The summed E-state index contributed by atoms with van der Waals surface area (Å²) in [5, 5.41) is 25.2. The second kappa shape index (κ2) is 8.54. The number of nitrogens with two attached hydrogens (primary N) is 1. The molecule has 1 saturated carbocycles. The summed E-state index contributed by atoms with van der Waals surface area (Å²) in [4.78, 5) is 28.6. The first-order valence-electron chi connectivity index (χ1n) is 10.5. The molecule has 5 N–H and O–H groups in total. The van der Waals surface area contributed by atoms with Crippen LogP contribution >= 0.6 is 23.8 Å². The lowest BCUT2D eigenvalue weighted by atomic mass is 9.76. The van der Waals surface area contributed by atoms with E-state index in [1.165, 1.54) is 0 Å². The number of carbonyl (C=O) groups excluding carboxylic acids is 2.